The Morgan fingerprint density at radius 1 is 0.358 bits per heavy atom. The summed E-state index contributed by atoms with van der Waals surface area (Å²) in [4.78, 5) is 5.17. The lowest BCUT2D eigenvalue weighted by Gasteiger charge is -2.26. The number of halogens is 8. The smallest absolute Gasteiger partial charge is 0.0340 e. The van der Waals surface area contributed by atoms with E-state index in [0.29, 0.717) is 0 Å². The van der Waals surface area contributed by atoms with E-state index in [4.69, 9.17) is 0 Å². The van der Waals surface area contributed by atoms with Crippen LogP contribution in [0.1, 0.15) is 33.7 Å². The van der Waals surface area contributed by atoms with Crippen molar-refractivity contribution in [3.63, 3.8) is 0 Å². The van der Waals surface area contributed by atoms with Crippen LogP contribution in [0, 0.1) is 0 Å². The monoisotopic (exact) mass is 900 g/mol. The molecule has 308 valence electrons. The van der Waals surface area contributed by atoms with Crippen LogP contribution in [-0.2, 0) is 13.1 Å². The van der Waals surface area contributed by atoms with E-state index in [9.17, 15) is 0 Å². The van der Waals surface area contributed by atoms with Crippen LogP contribution >= 0.6 is 99.3 Å². The molecule has 2 aliphatic rings. The molecule has 0 saturated carbocycles. The van der Waals surface area contributed by atoms with E-state index in [0.717, 1.165) is 118 Å². The first-order valence-electron chi connectivity index (χ1n) is 17.3. The predicted molar refractivity (Wildman–Crippen MR) is 246 cm³/mol. The van der Waals surface area contributed by atoms with Crippen molar-refractivity contribution < 1.29 is 0 Å². The number of benzene rings is 3. The molecule has 0 atom stereocenters. The lowest BCUT2D eigenvalue weighted by molar-refractivity contribution is 0.263. The molecule has 16 heteroatoms. The summed E-state index contributed by atoms with van der Waals surface area (Å²) in [5.74, 6) is 0.190. The van der Waals surface area contributed by atoms with Crippen molar-refractivity contribution in [1.29, 1.82) is 0 Å². The molecule has 2 fully saturated rings. The Hall–Kier alpha value is -0.340. The Morgan fingerprint density at radius 2 is 0.660 bits per heavy atom. The summed E-state index contributed by atoms with van der Waals surface area (Å²) in [7, 11) is 0. The van der Waals surface area contributed by atoms with Gasteiger partial charge < -0.3 is 31.9 Å². The zero-order chi connectivity index (χ0) is 30.8. The van der Waals surface area contributed by atoms with Crippen LogP contribution in [0.15, 0.2) is 78.9 Å². The molecular formula is C37H64Cl8N8. The van der Waals surface area contributed by atoms with Gasteiger partial charge >= 0.3 is 0 Å². The van der Waals surface area contributed by atoms with Crippen molar-refractivity contribution in [2.45, 2.75) is 19.0 Å². The van der Waals surface area contributed by atoms with Crippen LogP contribution in [0.4, 0.5) is 0 Å². The molecule has 0 unspecified atom stereocenters. The van der Waals surface area contributed by atoms with E-state index in [-0.39, 0.29) is 105 Å². The summed E-state index contributed by atoms with van der Waals surface area (Å²) in [5, 5.41) is 21.4. The molecule has 3 aromatic carbocycles. The van der Waals surface area contributed by atoms with Crippen LogP contribution in [0.3, 0.4) is 0 Å². The molecule has 53 heavy (non-hydrogen) atoms. The maximum absolute atomic E-state index is 3.61. The Kier molecular flexibility index (Phi) is 40.4. The number of hydrogen-bond donors (Lipinski definition) is 6. The van der Waals surface area contributed by atoms with Gasteiger partial charge in [-0.15, -0.1) is 99.3 Å². The Balaban J connectivity index is -0.00000150. The molecule has 0 radical (unpaired) electrons. The minimum absolute atomic E-state index is 0. The maximum Gasteiger partial charge on any atom is 0.0340 e. The van der Waals surface area contributed by atoms with Crippen LogP contribution in [0.25, 0.3) is 0 Å². The Bertz CT molecular complexity index is 1150. The van der Waals surface area contributed by atoms with Crippen molar-refractivity contribution in [2.24, 2.45) is 0 Å². The molecular weight excluding hydrogens is 840 g/mol. The molecule has 0 aromatic heterocycles. The molecule has 0 spiro atoms. The topological polar surface area (TPSA) is 78.7 Å². The van der Waals surface area contributed by atoms with Crippen LogP contribution in [0.5, 0.6) is 0 Å². The van der Waals surface area contributed by atoms with Crippen molar-refractivity contribution in [3.05, 3.63) is 107 Å². The van der Waals surface area contributed by atoms with Crippen LogP contribution in [0.2, 0.25) is 0 Å². The first-order valence-corrected chi connectivity index (χ1v) is 17.3. The number of nitrogens with zero attached hydrogens (tertiary/aromatic N) is 2. The van der Waals surface area contributed by atoms with E-state index in [2.05, 4.69) is 121 Å². The molecule has 0 bridgehead atoms. The molecule has 2 heterocycles. The fourth-order valence-corrected chi connectivity index (χ4v) is 6.43. The van der Waals surface area contributed by atoms with Crippen LogP contribution < -0.4 is 31.9 Å². The van der Waals surface area contributed by atoms with Gasteiger partial charge in [0.2, 0.25) is 0 Å². The second-order valence-electron chi connectivity index (χ2n) is 12.4. The largest absolute Gasteiger partial charge is 0.314 e. The van der Waals surface area contributed by atoms with Gasteiger partial charge in [-0.05, 0) is 27.8 Å². The van der Waals surface area contributed by atoms with Gasteiger partial charge in [-0.25, -0.2) is 0 Å². The Labute approximate surface area is 369 Å². The molecule has 6 N–H and O–H groups in total. The lowest BCUT2D eigenvalue weighted by atomic mass is 9.84. The molecule has 0 aliphatic carbocycles. The Morgan fingerprint density at radius 3 is 1.00 bits per heavy atom. The quantitative estimate of drug-likeness (QED) is 0.176. The highest BCUT2D eigenvalue weighted by molar-refractivity contribution is 5.86. The van der Waals surface area contributed by atoms with Gasteiger partial charge in [0.15, 0.2) is 0 Å². The van der Waals surface area contributed by atoms with E-state index in [1.165, 1.54) is 27.8 Å². The fraction of sp³-hybridized carbons (Fsp3) is 0.514. The normalized spacial score (nSPS) is 16.6. The summed E-state index contributed by atoms with van der Waals surface area (Å²) in [5.41, 5.74) is 6.83. The molecule has 8 nitrogen and oxygen atoms in total. The van der Waals surface area contributed by atoms with E-state index in [1.807, 2.05) is 0 Å². The van der Waals surface area contributed by atoms with Gasteiger partial charge in [0.25, 0.3) is 0 Å². The standard InChI is InChI=1S/C37H56N8.8ClH/c1-2-8-34(9-3-1)37(35-10-4-6-32(28-35)30-44-24-20-40-16-12-38-13-17-41-21-25-44)36-11-5-7-33(29-36)31-45-26-22-42-18-14-39-15-19-43-23-27-45;;;;;;;;/h1-11,28-29,37-43H,12-27,30-31H2;8*1H. The predicted octanol–water partition coefficient (Wildman–Crippen LogP) is 5.41. The third kappa shape index (κ3) is 22.3. The number of rotatable bonds is 7. The summed E-state index contributed by atoms with van der Waals surface area (Å²) in [6.07, 6.45) is 0. The maximum atomic E-state index is 3.61. The van der Waals surface area contributed by atoms with Gasteiger partial charge in [-0.3, -0.25) is 9.80 Å². The van der Waals surface area contributed by atoms with Gasteiger partial charge in [0.1, 0.15) is 0 Å². The first kappa shape index (κ1) is 59.4. The fourth-order valence-electron chi connectivity index (χ4n) is 6.43. The SMILES string of the molecule is Cl.Cl.Cl.Cl.Cl.Cl.Cl.Cl.c1ccc(C(c2cccc(CN3CCNCCNCCNCC3)c2)c2cccc(CN3CCNCCNCCNCC3)c2)cc1. The van der Waals surface area contributed by atoms with Crippen LogP contribution in [-0.4, -0.2) is 115 Å². The van der Waals surface area contributed by atoms with Crippen molar-refractivity contribution in [3.8, 4) is 0 Å². The highest BCUT2D eigenvalue weighted by Crippen LogP contribution is 2.33. The van der Waals surface area contributed by atoms with Crippen molar-refractivity contribution in [2.75, 3.05) is 105 Å². The molecule has 2 aliphatic heterocycles. The molecule has 3 aromatic rings. The van der Waals surface area contributed by atoms with E-state index < -0.39 is 0 Å². The van der Waals surface area contributed by atoms with Gasteiger partial charge in [0.05, 0.1) is 0 Å². The highest BCUT2D eigenvalue weighted by atomic mass is 35.5. The van der Waals surface area contributed by atoms with Crippen molar-refractivity contribution >= 4 is 99.3 Å². The van der Waals surface area contributed by atoms with E-state index in [1.54, 1.807) is 0 Å². The highest BCUT2D eigenvalue weighted by Gasteiger charge is 2.19. The second-order valence-corrected chi connectivity index (χ2v) is 12.4. The molecule has 2 saturated heterocycles. The third-order valence-electron chi connectivity index (χ3n) is 8.85. The average molecular weight is 905 g/mol. The van der Waals surface area contributed by atoms with E-state index >= 15 is 0 Å². The van der Waals surface area contributed by atoms with Gasteiger partial charge in [-0.1, -0.05) is 78.9 Å². The second kappa shape index (κ2) is 36.0. The lowest BCUT2D eigenvalue weighted by Crippen LogP contribution is -2.41. The number of nitrogens with one attached hydrogen (secondary N) is 6. The van der Waals surface area contributed by atoms with Gasteiger partial charge in [0, 0.05) is 124 Å². The minimum atomic E-state index is 0. The van der Waals surface area contributed by atoms with Gasteiger partial charge in [-0.2, -0.15) is 0 Å². The minimum Gasteiger partial charge on any atom is -0.314 e. The number of hydrogen-bond acceptors (Lipinski definition) is 8. The summed E-state index contributed by atoms with van der Waals surface area (Å²) in [6, 6.07) is 29.7. The third-order valence-corrected chi connectivity index (χ3v) is 8.85. The summed E-state index contributed by atoms with van der Waals surface area (Å²) < 4.78 is 0. The zero-order valence-corrected chi connectivity index (χ0v) is 37.0. The molecule has 5 rings (SSSR count). The van der Waals surface area contributed by atoms with Crippen molar-refractivity contribution in [1.82, 2.24) is 41.7 Å². The zero-order valence-electron chi connectivity index (χ0n) is 30.5. The summed E-state index contributed by atoms with van der Waals surface area (Å²) >= 11 is 0. The first-order chi connectivity index (χ1) is 22.3. The summed E-state index contributed by atoms with van der Waals surface area (Å²) in [6.45, 7) is 18.4. The average Bonchev–Trinajstić information content (AvgIpc) is 3.05. The molecule has 0 amide bonds.